The topological polar surface area (TPSA) is 74.6 Å². The molecule has 0 amide bonds. The predicted octanol–water partition coefficient (Wildman–Crippen LogP) is -0.149. The van der Waals surface area contributed by atoms with Crippen molar-refractivity contribution < 1.29 is 17.5 Å². The standard InChI is InChI=1S/3ClH.2Ga.H2O4S.3H/c;;;;;1-5(2,3)4;;;/h3*1H;;;(H2,1,2,3,4);;;/q;;;;+3;;;;/p-3. The summed E-state index contributed by atoms with van der Waals surface area (Å²) in [6.07, 6.45) is 0. The van der Waals surface area contributed by atoms with Gasteiger partial charge in [-0.05, 0) is 0 Å². The van der Waals surface area contributed by atoms with Crippen LogP contribution >= 0.6 is 28.9 Å². The molecule has 0 heterocycles. The normalized spacial score (nSPS) is 8.50. The van der Waals surface area contributed by atoms with Gasteiger partial charge in [-0.25, -0.2) is 0 Å². The molecule has 0 rings (SSSR count). The molecule has 0 fully saturated rings. The van der Waals surface area contributed by atoms with Crippen molar-refractivity contribution in [2.45, 2.75) is 0 Å². The van der Waals surface area contributed by atoms with Crippen molar-refractivity contribution >= 4 is 72.3 Å². The monoisotopic (exact) mass is 344 g/mol. The summed E-state index contributed by atoms with van der Waals surface area (Å²) in [4.78, 5) is 0. The summed E-state index contributed by atoms with van der Waals surface area (Å²) in [5.74, 6) is 0. The SMILES string of the molecule is O=S(=O)(O)O.[Cl][Ga]([Cl])[Cl].[GaH3]. The molecule has 0 aromatic carbocycles. The predicted molar refractivity (Wildman–Crippen MR) is 47.4 cm³/mol. The molecule has 0 saturated heterocycles. The van der Waals surface area contributed by atoms with E-state index in [1.54, 1.807) is 0 Å². The Morgan fingerprint density at radius 2 is 1.10 bits per heavy atom. The first-order chi connectivity index (χ1) is 3.73. The molecule has 0 spiro atoms. The fraction of sp³-hybridized carbons (Fsp3) is 0. The molecular formula is H5Cl3Ga2O4S. The molecule has 0 aliphatic rings. The van der Waals surface area contributed by atoms with Gasteiger partial charge >= 0.3 is 72.3 Å². The van der Waals surface area contributed by atoms with Gasteiger partial charge in [0, 0.05) is 0 Å². The Hall–Kier alpha value is 2.01. The first-order valence-electron chi connectivity index (χ1n) is 1.35. The Kier molecular flexibility index (Phi) is 16.3. The maximum absolute atomic E-state index is 8.74. The molecule has 0 bridgehead atoms. The molecule has 0 unspecified atom stereocenters. The Balaban J connectivity index is -0.0000000910. The van der Waals surface area contributed by atoms with E-state index in [0.717, 1.165) is 0 Å². The van der Waals surface area contributed by atoms with E-state index in [-0.39, 0.29) is 19.8 Å². The maximum atomic E-state index is 8.74. The van der Waals surface area contributed by atoms with Gasteiger partial charge in [0.05, 0.1) is 0 Å². The van der Waals surface area contributed by atoms with Crippen molar-refractivity contribution in [2.24, 2.45) is 0 Å². The minimum atomic E-state index is -4.67. The third-order valence-corrected chi connectivity index (χ3v) is 0. The minimum absolute atomic E-state index is 0. The second-order valence-corrected chi connectivity index (χ2v) is 12.9. The van der Waals surface area contributed by atoms with E-state index in [2.05, 4.69) is 0 Å². The summed E-state index contributed by atoms with van der Waals surface area (Å²) >= 11 is -2.06. The summed E-state index contributed by atoms with van der Waals surface area (Å²) in [6, 6.07) is 0. The van der Waals surface area contributed by atoms with E-state index in [1.807, 2.05) is 0 Å². The van der Waals surface area contributed by atoms with Crippen molar-refractivity contribution in [1.29, 1.82) is 0 Å². The number of rotatable bonds is 0. The van der Waals surface area contributed by atoms with Crippen LogP contribution in [0.15, 0.2) is 0 Å². The van der Waals surface area contributed by atoms with E-state index in [4.69, 9.17) is 46.4 Å². The first-order valence-corrected chi connectivity index (χ1v) is 12.3. The van der Waals surface area contributed by atoms with Crippen molar-refractivity contribution in [2.75, 3.05) is 0 Å². The van der Waals surface area contributed by atoms with Crippen LogP contribution in [-0.2, 0) is 10.4 Å². The van der Waals surface area contributed by atoms with E-state index < -0.39 is 23.6 Å². The molecule has 62 valence electrons. The Labute approximate surface area is 88.9 Å². The van der Waals surface area contributed by atoms with Crippen LogP contribution in [0.4, 0.5) is 0 Å². The summed E-state index contributed by atoms with van der Waals surface area (Å²) in [5, 5.41) is 0. The van der Waals surface area contributed by atoms with Crippen LogP contribution < -0.4 is 0 Å². The average Bonchev–Trinajstić information content (AvgIpc) is 1.19. The Morgan fingerprint density at radius 1 is 1.10 bits per heavy atom. The van der Waals surface area contributed by atoms with E-state index >= 15 is 0 Å². The van der Waals surface area contributed by atoms with Gasteiger partial charge in [-0.3, -0.25) is 9.11 Å². The van der Waals surface area contributed by atoms with Crippen LogP contribution in [0.2, 0.25) is 0 Å². The Morgan fingerprint density at radius 3 is 1.10 bits per heavy atom. The van der Waals surface area contributed by atoms with Gasteiger partial charge in [-0.2, -0.15) is 8.42 Å². The molecule has 10 heteroatoms. The zero-order valence-corrected chi connectivity index (χ0v) is 9.34. The second kappa shape index (κ2) is 9.10. The number of halogens is 3. The average molecular weight is 347 g/mol. The van der Waals surface area contributed by atoms with E-state index in [9.17, 15) is 0 Å². The van der Waals surface area contributed by atoms with Crippen LogP contribution in [-0.4, -0.2) is 50.5 Å². The van der Waals surface area contributed by atoms with Gasteiger partial charge < -0.3 is 0 Å². The van der Waals surface area contributed by atoms with Crippen molar-refractivity contribution in [3.05, 3.63) is 0 Å². The quantitative estimate of drug-likeness (QED) is 0.472. The Bertz CT molecular complexity index is 130. The van der Waals surface area contributed by atoms with Gasteiger partial charge in [0.1, 0.15) is 0 Å². The van der Waals surface area contributed by atoms with Crippen molar-refractivity contribution in [3.8, 4) is 0 Å². The number of hydrogen-bond donors (Lipinski definition) is 2. The van der Waals surface area contributed by atoms with Crippen molar-refractivity contribution in [3.63, 3.8) is 0 Å². The summed E-state index contributed by atoms with van der Waals surface area (Å²) < 4.78 is 31.6. The van der Waals surface area contributed by atoms with Crippen LogP contribution in [0.1, 0.15) is 0 Å². The van der Waals surface area contributed by atoms with Gasteiger partial charge in [0.2, 0.25) is 0 Å². The summed E-state index contributed by atoms with van der Waals surface area (Å²) in [6.45, 7) is 0. The van der Waals surface area contributed by atoms with Crippen LogP contribution in [0, 0.1) is 0 Å². The van der Waals surface area contributed by atoms with Gasteiger partial charge in [0.15, 0.2) is 0 Å². The van der Waals surface area contributed by atoms with E-state index in [1.165, 1.54) is 0 Å². The fourth-order valence-corrected chi connectivity index (χ4v) is 0. The third-order valence-electron chi connectivity index (χ3n) is 0. The molecule has 0 aliphatic heterocycles. The van der Waals surface area contributed by atoms with Crippen LogP contribution in [0.5, 0.6) is 0 Å². The van der Waals surface area contributed by atoms with Crippen LogP contribution in [0.25, 0.3) is 0 Å². The second-order valence-electron chi connectivity index (χ2n) is 0.695. The molecule has 0 radical (unpaired) electrons. The molecule has 0 atom stereocenters. The van der Waals surface area contributed by atoms with Crippen LogP contribution in [0.3, 0.4) is 0 Å². The van der Waals surface area contributed by atoms with Gasteiger partial charge in [-0.1, -0.05) is 0 Å². The molecule has 0 aromatic rings. The fourth-order valence-electron chi connectivity index (χ4n) is 0. The van der Waals surface area contributed by atoms with Crippen molar-refractivity contribution in [1.82, 2.24) is 0 Å². The summed E-state index contributed by atoms with van der Waals surface area (Å²) in [7, 11) is 10.3. The van der Waals surface area contributed by atoms with Gasteiger partial charge in [0.25, 0.3) is 0 Å². The zero-order valence-electron chi connectivity index (χ0n) is 3.83. The number of hydrogen-bond acceptors (Lipinski definition) is 2. The molecule has 0 saturated carbocycles. The van der Waals surface area contributed by atoms with Gasteiger partial charge in [-0.15, -0.1) is 0 Å². The third kappa shape index (κ3) is 201. The molecule has 4 nitrogen and oxygen atoms in total. The summed E-state index contributed by atoms with van der Waals surface area (Å²) in [5.41, 5.74) is 0. The molecule has 0 aliphatic carbocycles. The molecular weight excluding hydrogens is 342 g/mol. The molecule has 10 heavy (non-hydrogen) atoms. The molecule has 2 N–H and O–H groups in total. The zero-order chi connectivity index (χ0) is 8.08. The first kappa shape index (κ1) is 17.9. The van der Waals surface area contributed by atoms with E-state index in [0.29, 0.717) is 0 Å². The molecule has 0 aromatic heterocycles.